The van der Waals surface area contributed by atoms with Crippen LogP contribution < -0.4 is 10.6 Å². The fraction of sp³-hybridized carbons (Fsp3) is 0.529. The Morgan fingerprint density at radius 2 is 1.74 bits per heavy atom. The molecule has 0 saturated heterocycles. The van der Waals surface area contributed by atoms with Gasteiger partial charge in [0.1, 0.15) is 17.5 Å². The van der Waals surface area contributed by atoms with Crippen molar-refractivity contribution in [3.05, 3.63) is 30.1 Å². The number of halogens is 1. The molecule has 23 heavy (non-hydrogen) atoms. The summed E-state index contributed by atoms with van der Waals surface area (Å²) in [6.45, 7) is 9.16. The number of benzene rings is 1. The van der Waals surface area contributed by atoms with Gasteiger partial charge in [-0.25, -0.2) is 9.18 Å². The van der Waals surface area contributed by atoms with E-state index >= 15 is 0 Å². The Balaban J connectivity index is 2.74. The average molecular weight is 324 g/mol. The summed E-state index contributed by atoms with van der Waals surface area (Å²) in [4.78, 5) is 24.2. The minimum absolute atomic E-state index is 0.203. The summed E-state index contributed by atoms with van der Waals surface area (Å²) >= 11 is 0. The van der Waals surface area contributed by atoms with E-state index in [-0.39, 0.29) is 17.6 Å². The number of carbonyl (C=O) groups excluding carboxylic acids is 2. The summed E-state index contributed by atoms with van der Waals surface area (Å²) in [5.74, 6) is -0.543. The third-order valence-electron chi connectivity index (χ3n) is 2.83. The number of hydrogen-bond acceptors (Lipinski definition) is 3. The van der Waals surface area contributed by atoms with E-state index in [0.717, 1.165) is 0 Å². The van der Waals surface area contributed by atoms with Gasteiger partial charge in [0.15, 0.2) is 0 Å². The minimum Gasteiger partial charge on any atom is -0.444 e. The number of ether oxygens (including phenoxy) is 1. The molecule has 0 saturated carbocycles. The second-order valence-corrected chi connectivity index (χ2v) is 6.82. The van der Waals surface area contributed by atoms with Gasteiger partial charge < -0.3 is 15.4 Å². The van der Waals surface area contributed by atoms with Crippen molar-refractivity contribution >= 4 is 17.7 Å². The molecule has 0 bridgehead atoms. The van der Waals surface area contributed by atoms with Crippen molar-refractivity contribution in [3.63, 3.8) is 0 Å². The predicted molar refractivity (Wildman–Crippen MR) is 87.6 cm³/mol. The van der Waals surface area contributed by atoms with E-state index in [1.54, 1.807) is 20.8 Å². The van der Waals surface area contributed by atoms with Crippen molar-refractivity contribution in [3.8, 4) is 0 Å². The van der Waals surface area contributed by atoms with Gasteiger partial charge in [-0.05, 0) is 57.4 Å². The van der Waals surface area contributed by atoms with Crippen LogP contribution in [0.5, 0.6) is 0 Å². The molecule has 1 rings (SSSR count). The quantitative estimate of drug-likeness (QED) is 0.868. The molecule has 0 heterocycles. The van der Waals surface area contributed by atoms with Gasteiger partial charge in [-0.3, -0.25) is 4.79 Å². The first-order chi connectivity index (χ1) is 10.6. The number of anilines is 1. The van der Waals surface area contributed by atoms with Gasteiger partial charge in [0, 0.05) is 5.69 Å². The van der Waals surface area contributed by atoms with Gasteiger partial charge in [0.2, 0.25) is 5.91 Å². The van der Waals surface area contributed by atoms with Crippen molar-refractivity contribution in [2.45, 2.75) is 52.7 Å². The number of nitrogens with one attached hydrogen (secondary N) is 2. The molecule has 2 N–H and O–H groups in total. The zero-order valence-electron chi connectivity index (χ0n) is 14.3. The largest absolute Gasteiger partial charge is 0.444 e. The molecule has 0 aliphatic rings. The number of alkyl carbamates (subject to hydrolysis) is 1. The first-order valence-corrected chi connectivity index (χ1v) is 7.63. The summed E-state index contributed by atoms with van der Waals surface area (Å²) < 4.78 is 18.1. The molecule has 0 radical (unpaired) electrons. The van der Waals surface area contributed by atoms with Gasteiger partial charge in [0.05, 0.1) is 0 Å². The summed E-state index contributed by atoms with van der Waals surface area (Å²) in [7, 11) is 0. The van der Waals surface area contributed by atoms with E-state index in [9.17, 15) is 14.0 Å². The fourth-order valence-corrected chi connectivity index (χ4v) is 1.92. The van der Waals surface area contributed by atoms with E-state index in [4.69, 9.17) is 4.74 Å². The van der Waals surface area contributed by atoms with E-state index in [1.807, 2.05) is 13.8 Å². The van der Waals surface area contributed by atoms with E-state index < -0.39 is 17.7 Å². The second-order valence-electron chi connectivity index (χ2n) is 6.82. The molecular weight excluding hydrogens is 299 g/mol. The van der Waals surface area contributed by atoms with Crippen LogP contribution in [0, 0.1) is 11.7 Å². The van der Waals surface area contributed by atoms with Crippen LogP contribution in [0.1, 0.15) is 41.0 Å². The summed E-state index contributed by atoms with van der Waals surface area (Å²) in [5.41, 5.74) is -0.170. The highest BCUT2D eigenvalue weighted by Crippen LogP contribution is 2.13. The van der Waals surface area contributed by atoms with Crippen LogP contribution in [0.4, 0.5) is 14.9 Å². The molecule has 1 aromatic carbocycles. The van der Waals surface area contributed by atoms with Gasteiger partial charge in [-0.1, -0.05) is 13.8 Å². The molecule has 6 heteroatoms. The zero-order chi connectivity index (χ0) is 17.6. The Morgan fingerprint density at radius 3 is 2.22 bits per heavy atom. The van der Waals surface area contributed by atoms with Crippen LogP contribution in [0.25, 0.3) is 0 Å². The van der Waals surface area contributed by atoms with Crippen molar-refractivity contribution < 1.29 is 18.7 Å². The molecule has 0 aliphatic heterocycles. The maximum atomic E-state index is 12.9. The standard InChI is InChI=1S/C17H25FN2O3/c1-11(2)10-14(20-16(22)23-17(3,4)5)15(21)19-13-8-6-12(18)7-9-13/h6-9,11,14H,10H2,1-5H3,(H,19,21)(H,20,22)/t14-/m0/s1. The van der Waals surface area contributed by atoms with Gasteiger partial charge in [-0.15, -0.1) is 0 Å². The molecule has 1 atom stereocenters. The summed E-state index contributed by atoms with van der Waals surface area (Å²) in [6.07, 6.45) is -0.177. The third-order valence-corrected chi connectivity index (χ3v) is 2.83. The average Bonchev–Trinajstić information content (AvgIpc) is 2.38. The van der Waals surface area contributed by atoms with Crippen molar-refractivity contribution in [2.75, 3.05) is 5.32 Å². The van der Waals surface area contributed by atoms with E-state index in [1.165, 1.54) is 24.3 Å². The normalized spacial score (nSPS) is 12.7. The third kappa shape index (κ3) is 7.63. The molecule has 0 unspecified atom stereocenters. The van der Waals surface area contributed by atoms with Crippen LogP contribution in [0.2, 0.25) is 0 Å². The van der Waals surface area contributed by atoms with E-state index in [0.29, 0.717) is 12.1 Å². The van der Waals surface area contributed by atoms with E-state index in [2.05, 4.69) is 10.6 Å². The Hall–Kier alpha value is -2.11. The maximum absolute atomic E-state index is 12.9. The number of hydrogen-bond donors (Lipinski definition) is 2. The van der Waals surface area contributed by atoms with Gasteiger partial charge in [-0.2, -0.15) is 0 Å². The van der Waals surface area contributed by atoms with Gasteiger partial charge in [0.25, 0.3) is 0 Å². The lowest BCUT2D eigenvalue weighted by Crippen LogP contribution is -2.46. The van der Waals surface area contributed by atoms with Crippen LogP contribution in [0.3, 0.4) is 0 Å². The Labute approximate surface area is 136 Å². The first-order valence-electron chi connectivity index (χ1n) is 7.63. The van der Waals surface area contributed by atoms with Gasteiger partial charge >= 0.3 is 6.09 Å². The Bertz CT molecular complexity index is 536. The maximum Gasteiger partial charge on any atom is 0.408 e. The van der Waals surface area contributed by atoms with Crippen molar-refractivity contribution in [2.24, 2.45) is 5.92 Å². The molecule has 2 amide bonds. The Kier molecular flexibility index (Phi) is 6.54. The molecular formula is C17H25FN2O3. The lowest BCUT2D eigenvalue weighted by atomic mass is 10.0. The lowest BCUT2D eigenvalue weighted by Gasteiger charge is -2.24. The topological polar surface area (TPSA) is 67.4 Å². The number of amides is 2. The first kappa shape index (κ1) is 18.9. The smallest absolute Gasteiger partial charge is 0.408 e. The molecule has 0 aromatic heterocycles. The molecule has 0 spiro atoms. The molecule has 5 nitrogen and oxygen atoms in total. The fourth-order valence-electron chi connectivity index (χ4n) is 1.92. The predicted octanol–water partition coefficient (Wildman–Crippen LogP) is 3.70. The zero-order valence-corrected chi connectivity index (χ0v) is 14.3. The highest BCUT2D eigenvalue weighted by atomic mass is 19.1. The number of carbonyl (C=O) groups is 2. The highest BCUT2D eigenvalue weighted by molar-refractivity contribution is 5.96. The highest BCUT2D eigenvalue weighted by Gasteiger charge is 2.25. The summed E-state index contributed by atoms with van der Waals surface area (Å²) in [6, 6.07) is 4.72. The molecule has 1 aromatic rings. The van der Waals surface area contributed by atoms with Crippen LogP contribution >= 0.6 is 0 Å². The number of rotatable bonds is 5. The molecule has 0 fully saturated rings. The monoisotopic (exact) mass is 324 g/mol. The Morgan fingerprint density at radius 1 is 1.17 bits per heavy atom. The van der Waals surface area contributed by atoms with Crippen LogP contribution in [-0.2, 0) is 9.53 Å². The van der Waals surface area contributed by atoms with Crippen molar-refractivity contribution in [1.29, 1.82) is 0 Å². The summed E-state index contributed by atoms with van der Waals surface area (Å²) in [5, 5.41) is 5.26. The van der Waals surface area contributed by atoms with Crippen LogP contribution in [0.15, 0.2) is 24.3 Å². The van der Waals surface area contributed by atoms with Crippen molar-refractivity contribution in [1.82, 2.24) is 5.32 Å². The lowest BCUT2D eigenvalue weighted by molar-refractivity contribution is -0.118. The SMILES string of the molecule is CC(C)C[C@H](NC(=O)OC(C)(C)C)C(=O)Nc1ccc(F)cc1. The van der Waals surface area contributed by atoms with Crippen LogP contribution in [-0.4, -0.2) is 23.6 Å². The second kappa shape index (κ2) is 7.94. The molecule has 128 valence electrons. The molecule has 0 aliphatic carbocycles. The minimum atomic E-state index is -0.727.